The van der Waals surface area contributed by atoms with E-state index < -0.39 is 0 Å². The molecule has 1 unspecified atom stereocenters. The number of nitrogens with two attached hydrogens (primary N) is 1. The van der Waals surface area contributed by atoms with Crippen LogP contribution in [0, 0.1) is 0 Å². The highest BCUT2D eigenvalue weighted by molar-refractivity contribution is 6.29. The lowest BCUT2D eigenvalue weighted by Crippen LogP contribution is -2.29. The molecule has 0 aliphatic rings. The highest BCUT2D eigenvalue weighted by atomic mass is 35.5. The van der Waals surface area contributed by atoms with Crippen molar-refractivity contribution in [1.82, 2.24) is 10.4 Å². The van der Waals surface area contributed by atoms with Gasteiger partial charge in [-0.1, -0.05) is 54.1 Å². The van der Waals surface area contributed by atoms with Crippen molar-refractivity contribution in [2.24, 2.45) is 5.84 Å². The van der Waals surface area contributed by atoms with Gasteiger partial charge in [0.2, 0.25) is 0 Å². The van der Waals surface area contributed by atoms with Crippen molar-refractivity contribution < 1.29 is 0 Å². The molecule has 0 aliphatic carbocycles. The van der Waals surface area contributed by atoms with E-state index in [1.165, 1.54) is 16.3 Å². The van der Waals surface area contributed by atoms with Crippen molar-refractivity contribution in [1.29, 1.82) is 0 Å². The Morgan fingerprint density at radius 2 is 1.90 bits per heavy atom. The summed E-state index contributed by atoms with van der Waals surface area (Å²) in [6.07, 6.45) is 2.49. The molecule has 3 N–H and O–H groups in total. The summed E-state index contributed by atoms with van der Waals surface area (Å²) in [5.41, 5.74) is 5.16. The minimum Gasteiger partial charge on any atom is -0.271 e. The molecule has 1 aromatic heterocycles. The van der Waals surface area contributed by atoms with Gasteiger partial charge in [-0.25, -0.2) is 4.98 Å². The second-order valence-corrected chi connectivity index (χ2v) is 5.36. The van der Waals surface area contributed by atoms with Gasteiger partial charge in [0.1, 0.15) is 5.15 Å². The van der Waals surface area contributed by atoms with Gasteiger partial charge in [0.05, 0.1) is 6.04 Å². The molecule has 0 saturated heterocycles. The number of hydrogen-bond acceptors (Lipinski definition) is 3. The van der Waals surface area contributed by atoms with E-state index in [0.717, 1.165) is 12.0 Å². The molecular weight excluding hydrogens is 282 g/mol. The lowest BCUT2D eigenvalue weighted by atomic mass is 9.96. The lowest BCUT2D eigenvalue weighted by molar-refractivity contribution is 0.553. The van der Waals surface area contributed by atoms with Crippen LogP contribution in [0.5, 0.6) is 0 Å². The fourth-order valence-electron chi connectivity index (χ4n) is 2.60. The summed E-state index contributed by atoms with van der Waals surface area (Å²) in [6, 6.07) is 18.5. The van der Waals surface area contributed by atoms with Crippen molar-refractivity contribution in [2.75, 3.05) is 0 Å². The van der Waals surface area contributed by atoms with Crippen molar-refractivity contribution in [2.45, 2.75) is 12.5 Å². The van der Waals surface area contributed by atoms with Gasteiger partial charge in [0.15, 0.2) is 0 Å². The van der Waals surface area contributed by atoms with E-state index >= 15 is 0 Å². The van der Waals surface area contributed by atoms with Gasteiger partial charge in [0, 0.05) is 6.20 Å². The van der Waals surface area contributed by atoms with E-state index in [1.807, 2.05) is 18.2 Å². The molecular formula is C17H16ClN3. The van der Waals surface area contributed by atoms with Crippen molar-refractivity contribution in [3.8, 4) is 0 Å². The van der Waals surface area contributed by atoms with E-state index in [-0.39, 0.29) is 6.04 Å². The van der Waals surface area contributed by atoms with Crippen molar-refractivity contribution in [3.63, 3.8) is 0 Å². The molecule has 4 heteroatoms. The van der Waals surface area contributed by atoms with Crippen LogP contribution in [-0.2, 0) is 6.42 Å². The average Bonchev–Trinajstić information content (AvgIpc) is 2.52. The third-order valence-electron chi connectivity index (χ3n) is 3.66. The minimum absolute atomic E-state index is 0.00342. The number of nitrogens with one attached hydrogen (secondary N) is 1. The van der Waals surface area contributed by atoms with E-state index in [4.69, 9.17) is 17.4 Å². The van der Waals surface area contributed by atoms with Crippen LogP contribution in [0.2, 0.25) is 5.15 Å². The fraction of sp³-hybridized carbons (Fsp3) is 0.118. The zero-order valence-electron chi connectivity index (χ0n) is 11.5. The number of nitrogens with zero attached hydrogens (tertiary/aromatic N) is 1. The monoisotopic (exact) mass is 297 g/mol. The van der Waals surface area contributed by atoms with Gasteiger partial charge in [0.25, 0.3) is 0 Å². The van der Waals surface area contributed by atoms with Crippen LogP contribution in [-0.4, -0.2) is 4.98 Å². The normalized spacial score (nSPS) is 12.5. The summed E-state index contributed by atoms with van der Waals surface area (Å²) in [5.74, 6) is 5.73. The molecule has 0 bridgehead atoms. The number of rotatable bonds is 4. The van der Waals surface area contributed by atoms with Gasteiger partial charge in [-0.2, -0.15) is 0 Å². The van der Waals surface area contributed by atoms with Crippen LogP contribution < -0.4 is 11.3 Å². The molecule has 0 spiro atoms. The molecule has 3 rings (SSSR count). The number of fused-ring (bicyclic) bond motifs is 1. The molecule has 0 aliphatic heterocycles. The Labute approximate surface area is 128 Å². The Bertz CT molecular complexity index is 752. The lowest BCUT2D eigenvalue weighted by Gasteiger charge is -2.17. The highest BCUT2D eigenvalue weighted by Crippen LogP contribution is 2.25. The van der Waals surface area contributed by atoms with Gasteiger partial charge in [-0.05, 0) is 40.5 Å². The quantitative estimate of drug-likeness (QED) is 0.439. The molecule has 0 amide bonds. The van der Waals surface area contributed by atoms with E-state index in [2.05, 4.69) is 46.8 Å². The molecule has 106 valence electrons. The number of pyridine rings is 1. The van der Waals surface area contributed by atoms with E-state index in [0.29, 0.717) is 5.15 Å². The first-order chi connectivity index (χ1) is 10.3. The van der Waals surface area contributed by atoms with Crippen molar-refractivity contribution in [3.05, 3.63) is 77.1 Å². The molecule has 3 nitrogen and oxygen atoms in total. The van der Waals surface area contributed by atoms with Gasteiger partial charge in [-0.15, -0.1) is 0 Å². The molecule has 21 heavy (non-hydrogen) atoms. The second-order valence-electron chi connectivity index (χ2n) is 4.97. The Hall–Kier alpha value is -1.94. The first kappa shape index (κ1) is 14.0. The first-order valence-corrected chi connectivity index (χ1v) is 7.20. The number of aromatic nitrogens is 1. The van der Waals surface area contributed by atoms with Gasteiger partial charge >= 0.3 is 0 Å². The van der Waals surface area contributed by atoms with Gasteiger partial charge < -0.3 is 0 Å². The smallest absolute Gasteiger partial charge is 0.129 e. The predicted molar refractivity (Wildman–Crippen MR) is 87.0 cm³/mol. The molecule has 1 heterocycles. The third kappa shape index (κ3) is 3.05. The topological polar surface area (TPSA) is 50.9 Å². The minimum atomic E-state index is -0.00342. The third-order valence-corrected chi connectivity index (χ3v) is 3.86. The molecule has 3 aromatic rings. The standard InChI is InChI=1S/C17H16ClN3/c18-17-11-14(8-9-20-17)16(21-19)10-13-6-3-5-12-4-1-2-7-15(12)13/h1-9,11,16,21H,10,19H2. The molecule has 0 radical (unpaired) electrons. The largest absolute Gasteiger partial charge is 0.271 e. The fourth-order valence-corrected chi connectivity index (χ4v) is 2.78. The highest BCUT2D eigenvalue weighted by Gasteiger charge is 2.13. The Kier molecular flexibility index (Phi) is 4.15. The summed E-state index contributed by atoms with van der Waals surface area (Å²) in [4.78, 5) is 4.01. The maximum Gasteiger partial charge on any atom is 0.129 e. The van der Waals surface area contributed by atoms with E-state index in [9.17, 15) is 0 Å². The Balaban J connectivity index is 1.96. The van der Waals surface area contributed by atoms with Crippen LogP contribution in [0.4, 0.5) is 0 Å². The second kappa shape index (κ2) is 6.22. The molecule has 0 fully saturated rings. The number of hydrogen-bond donors (Lipinski definition) is 2. The number of halogens is 1. The predicted octanol–water partition coefficient (Wildman–Crippen LogP) is 3.64. The summed E-state index contributed by atoms with van der Waals surface area (Å²) in [6.45, 7) is 0. The Morgan fingerprint density at radius 3 is 2.71 bits per heavy atom. The summed E-state index contributed by atoms with van der Waals surface area (Å²) in [5, 5.41) is 2.96. The van der Waals surface area contributed by atoms with Crippen LogP contribution in [0.3, 0.4) is 0 Å². The Morgan fingerprint density at radius 1 is 1.10 bits per heavy atom. The zero-order valence-corrected chi connectivity index (χ0v) is 12.2. The van der Waals surface area contributed by atoms with Gasteiger partial charge in [-0.3, -0.25) is 11.3 Å². The van der Waals surface area contributed by atoms with Crippen LogP contribution in [0.25, 0.3) is 10.8 Å². The summed E-state index contributed by atoms with van der Waals surface area (Å²) in [7, 11) is 0. The molecule has 2 aromatic carbocycles. The van der Waals surface area contributed by atoms with Crippen LogP contribution in [0.15, 0.2) is 60.8 Å². The number of hydrazine groups is 1. The maximum absolute atomic E-state index is 5.96. The first-order valence-electron chi connectivity index (χ1n) is 6.82. The van der Waals surface area contributed by atoms with Crippen molar-refractivity contribution >= 4 is 22.4 Å². The average molecular weight is 298 g/mol. The summed E-state index contributed by atoms with van der Waals surface area (Å²) < 4.78 is 0. The molecule has 0 saturated carbocycles. The zero-order chi connectivity index (χ0) is 14.7. The molecule has 1 atom stereocenters. The number of benzene rings is 2. The summed E-state index contributed by atoms with van der Waals surface area (Å²) >= 11 is 5.96. The SMILES string of the molecule is NNC(Cc1cccc2ccccc12)c1ccnc(Cl)c1. The van der Waals surface area contributed by atoms with Crippen LogP contribution >= 0.6 is 11.6 Å². The maximum atomic E-state index is 5.96. The van der Waals surface area contributed by atoms with E-state index in [1.54, 1.807) is 6.20 Å². The van der Waals surface area contributed by atoms with Crippen LogP contribution in [0.1, 0.15) is 17.2 Å².